The van der Waals surface area contributed by atoms with Crippen LogP contribution in [0.1, 0.15) is 12.5 Å². The van der Waals surface area contributed by atoms with Crippen molar-refractivity contribution in [3.8, 4) is 0 Å². The lowest BCUT2D eigenvalue weighted by molar-refractivity contribution is -0.147. The van der Waals surface area contributed by atoms with Crippen molar-refractivity contribution in [2.75, 3.05) is 18.5 Å². The number of nitrogens with one attached hydrogen (secondary N) is 2. The van der Waals surface area contributed by atoms with E-state index in [1.54, 1.807) is 31.2 Å². The average molecular weight is 361 g/mol. The quantitative estimate of drug-likeness (QED) is 0.736. The summed E-state index contributed by atoms with van der Waals surface area (Å²) in [4.78, 5) is 24.2. The van der Waals surface area contributed by atoms with Crippen LogP contribution in [0.2, 0.25) is 5.02 Å². The van der Waals surface area contributed by atoms with E-state index in [0.29, 0.717) is 23.7 Å². The van der Waals surface area contributed by atoms with Crippen LogP contribution in [-0.4, -0.2) is 25.2 Å². The van der Waals surface area contributed by atoms with Crippen molar-refractivity contribution in [3.63, 3.8) is 0 Å². The second-order valence-electron chi connectivity index (χ2n) is 5.48. The number of hydrogen-bond acceptors (Lipinski definition) is 3. The first kappa shape index (κ1) is 18.8. The molecule has 0 aromatic heterocycles. The van der Waals surface area contributed by atoms with Crippen LogP contribution in [-0.2, 0) is 16.0 Å². The number of carbonyl (C=O) groups excluding carboxylic acids is 2. The Morgan fingerprint density at radius 2 is 1.88 bits per heavy atom. The first-order valence-electron chi connectivity index (χ1n) is 8.09. The maximum Gasteiger partial charge on any atom is 0.319 e. The Hall–Kier alpha value is -2.53. The van der Waals surface area contributed by atoms with Gasteiger partial charge in [0.25, 0.3) is 0 Å². The first-order chi connectivity index (χ1) is 12.1. The van der Waals surface area contributed by atoms with Gasteiger partial charge >= 0.3 is 12.0 Å². The molecule has 0 saturated carbocycles. The molecule has 0 heterocycles. The van der Waals surface area contributed by atoms with Crippen LogP contribution >= 0.6 is 11.6 Å². The third-order valence-corrected chi connectivity index (χ3v) is 3.77. The summed E-state index contributed by atoms with van der Waals surface area (Å²) in [6.45, 7) is 2.25. The number of benzene rings is 2. The van der Waals surface area contributed by atoms with Crippen molar-refractivity contribution in [2.45, 2.75) is 13.3 Å². The van der Waals surface area contributed by atoms with E-state index in [4.69, 9.17) is 16.3 Å². The number of carbonyl (C=O) groups is 2. The molecule has 0 spiro atoms. The standard InChI is InChI=1S/C19H21ClN2O3/c1-2-25-18(23)15(11-14-7-4-3-5-8-14)13-21-19(24)22-17-10-6-9-16(20)12-17/h3-10,12,15H,2,11,13H2,1H3,(H2,21,22,24)/t15-/m1/s1. The minimum Gasteiger partial charge on any atom is -0.466 e. The molecule has 5 nitrogen and oxygen atoms in total. The Kier molecular flexibility index (Phi) is 7.29. The van der Waals surface area contributed by atoms with Crippen molar-refractivity contribution in [3.05, 3.63) is 65.2 Å². The SMILES string of the molecule is CCOC(=O)[C@@H](CNC(=O)Nc1cccc(Cl)c1)Cc1ccccc1. The fourth-order valence-electron chi connectivity index (χ4n) is 2.35. The van der Waals surface area contributed by atoms with Gasteiger partial charge in [0.1, 0.15) is 0 Å². The minimum absolute atomic E-state index is 0.181. The van der Waals surface area contributed by atoms with Crippen LogP contribution in [0.5, 0.6) is 0 Å². The number of halogens is 1. The first-order valence-corrected chi connectivity index (χ1v) is 8.47. The summed E-state index contributed by atoms with van der Waals surface area (Å²) in [5, 5.41) is 5.94. The molecule has 0 saturated heterocycles. The zero-order chi connectivity index (χ0) is 18.1. The summed E-state index contributed by atoms with van der Waals surface area (Å²) in [6.07, 6.45) is 0.497. The van der Waals surface area contributed by atoms with Gasteiger partial charge in [0, 0.05) is 17.3 Å². The lowest BCUT2D eigenvalue weighted by atomic mass is 9.99. The highest BCUT2D eigenvalue weighted by atomic mass is 35.5. The van der Waals surface area contributed by atoms with Crippen LogP contribution in [0, 0.1) is 5.92 Å². The fourth-order valence-corrected chi connectivity index (χ4v) is 2.55. The zero-order valence-corrected chi connectivity index (χ0v) is 14.8. The summed E-state index contributed by atoms with van der Waals surface area (Å²) < 4.78 is 5.11. The van der Waals surface area contributed by atoms with Crippen molar-refractivity contribution >= 4 is 29.3 Å². The second-order valence-corrected chi connectivity index (χ2v) is 5.92. The molecule has 0 radical (unpaired) electrons. The van der Waals surface area contributed by atoms with Gasteiger partial charge in [0.05, 0.1) is 12.5 Å². The van der Waals surface area contributed by atoms with E-state index >= 15 is 0 Å². The monoisotopic (exact) mass is 360 g/mol. The van der Waals surface area contributed by atoms with E-state index < -0.39 is 11.9 Å². The number of amides is 2. The van der Waals surface area contributed by atoms with Crippen LogP contribution in [0.15, 0.2) is 54.6 Å². The zero-order valence-electron chi connectivity index (χ0n) is 14.0. The van der Waals surface area contributed by atoms with Crippen molar-refractivity contribution < 1.29 is 14.3 Å². The largest absolute Gasteiger partial charge is 0.466 e. The normalized spacial score (nSPS) is 11.4. The van der Waals surface area contributed by atoms with E-state index in [0.717, 1.165) is 5.56 Å². The van der Waals surface area contributed by atoms with Crippen LogP contribution in [0.25, 0.3) is 0 Å². The van der Waals surface area contributed by atoms with Crippen molar-refractivity contribution in [1.82, 2.24) is 5.32 Å². The van der Waals surface area contributed by atoms with Gasteiger partial charge in [-0.15, -0.1) is 0 Å². The van der Waals surface area contributed by atoms with Gasteiger partial charge < -0.3 is 15.4 Å². The highest BCUT2D eigenvalue weighted by Crippen LogP contribution is 2.15. The van der Waals surface area contributed by atoms with Gasteiger partial charge in [-0.1, -0.05) is 48.0 Å². The smallest absolute Gasteiger partial charge is 0.319 e. The maximum atomic E-state index is 12.2. The summed E-state index contributed by atoms with van der Waals surface area (Å²) >= 11 is 5.89. The second kappa shape index (κ2) is 9.69. The number of hydrogen-bond donors (Lipinski definition) is 2. The number of ether oxygens (including phenoxy) is 1. The number of anilines is 1. The van der Waals surface area contributed by atoms with E-state index in [1.807, 2.05) is 30.3 Å². The van der Waals surface area contributed by atoms with Gasteiger partial charge in [-0.05, 0) is 37.1 Å². The molecule has 0 aliphatic carbocycles. The third-order valence-electron chi connectivity index (χ3n) is 3.54. The van der Waals surface area contributed by atoms with E-state index in [2.05, 4.69) is 10.6 Å². The molecule has 6 heteroatoms. The van der Waals surface area contributed by atoms with Crippen molar-refractivity contribution in [1.29, 1.82) is 0 Å². The molecule has 1 atom stereocenters. The summed E-state index contributed by atoms with van der Waals surface area (Å²) in [7, 11) is 0. The van der Waals surface area contributed by atoms with Gasteiger partial charge in [0.15, 0.2) is 0 Å². The molecule has 0 bridgehead atoms. The van der Waals surface area contributed by atoms with Crippen LogP contribution in [0.3, 0.4) is 0 Å². The molecule has 25 heavy (non-hydrogen) atoms. The van der Waals surface area contributed by atoms with Crippen molar-refractivity contribution in [2.24, 2.45) is 5.92 Å². The average Bonchev–Trinajstić information content (AvgIpc) is 2.59. The van der Waals surface area contributed by atoms with Gasteiger partial charge in [0.2, 0.25) is 0 Å². The molecule has 0 fully saturated rings. The molecule has 2 N–H and O–H groups in total. The molecule has 0 aliphatic rings. The van der Waals surface area contributed by atoms with Gasteiger partial charge in [-0.3, -0.25) is 4.79 Å². The molecule has 2 amide bonds. The molecular weight excluding hydrogens is 340 g/mol. The Morgan fingerprint density at radius 1 is 1.12 bits per heavy atom. The molecule has 2 aromatic carbocycles. The number of esters is 1. The molecule has 0 unspecified atom stereocenters. The predicted molar refractivity (Wildman–Crippen MR) is 98.7 cm³/mol. The molecular formula is C19H21ClN2O3. The Bertz CT molecular complexity index is 707. The Labute approximate surface area is 152 Å². The molecule has 0 aliphatic heterocycles. The Morgan fingerprint density at radius 3 is 2.56 bits per heavy atom. The Balaban J connectivity index is 1.94. The van der Waals surface area contributed by atoms with Crippen LogP contribution < -0.4 is 10.6 Å². The summed E-state index contributed by atoms with van der Waals surface area (Å²) in [5.74, 6) is -0.776. The van der Waals surface area contributed by atoms with E-state index in [9.17, 15) is 9.59 Å². The van der Waals surface area contributed by atoms with E-state index in [1.165, 1.54) is 0 Å². The molecule has 2 aromatic rings. The summed E-state index contributed by atoms with van der Waals surface area (Å²) in [6, 6.07) is 16.1. The highest BCUT2D eigenvalue weighted by Gasteiger charge is 2.21. The molecule has 132 valence electrons. The third kappa shape index (κ3) is 6.47. The number of rotatable bonds is 7. The van der Waals surface area contributed by atoms with Gasteiger partial charge in [-0.2, -0.15) is 0 Å². The topological polar surface area (TPSA) is 67.4 Å². The van der Waals surface area contributed by atoms with Gasteiger partial charge in [-0.25, -0.2) is 4.79 Å². The maximum absolute atomic E-state index is 12.2. The number of urea groups is 1. The predicted octanol–water partition coefficient (Wildman–Crippen LogP) is 3.88. The lowest BCUT2D eigenvalue weighted by Crippen LogP contribution is -2.37. The summed E-state index contributed by atoms with van der Waals surface area (Å²) in [5.41, 5.74) is 1.60. The highest BCUT2D eigenvalue weighted by molar-refractivity contribution is 6.30. The van der Waals surface area contributed by atoms with E-state index in [-0.39, 0.29) is 12.5 Å². The molecule has 2 rings (SSSR count). The lowest BCUT2D eigenvalue weighted by Gasteiger charge is -2.17. The minimum atomic E-state index is -0.451. The fraction of sp³-hybridized carbons (Fsp3) is 0.263. The van der Waals surface area contributed by atoms with Crippen LogP contribution in [0.4, 0.5) is 10.5 Å².